The number of fused-ring (bicyclic) bond motifs is 1. The van der Waals surface area contributed by atoms with Crippen LogP contribution in [0.4, 0.5) is 5.82 Å². The molecule has 5 aromatic rings. The molecule has 0 spiro atoms. The zero-order valence-electron chi connectivity index (χ0n) is 19.9. The zero-order chi connectivity index (χ0) is 24.2. The topological polar surface area (TPSA) is 72.7 Å². The van der Waals surface area contributed by atoms with Crippen molar-refractivity contribution in [3.05, 3.63) is 108 Å². The second kappa shape index (κ2) is 9.89. The summed E-state index contributed by atoms with van der Waals surface area (Å²) in [5.41, 5.74) is 7.01. The van der Waals surface area contributed by atoms with Gasteiger partial charge in [0.1, 0.15) is 11.3 Å². The van der Waals surface area contributed by atoms with Gasteiger partial charge in [-0.2, -0.15) is 0 Å². The van der Waals surface area contributed by atoms with E-state index in [4.69, 9.17) is 9.97 Å². The molecule has 0 radical (unpaired) electrons. The number of aryl methyl sites for hydroxylation is 2. The van der Waals surface area contributed by atoms with Crippen molar-refractivity contribution in [3.63, 3.8) is 0 Å². The van der Waals surface area contributed by atoms with Gasteiger partial charge in [0.2, 0.25) is 0 Å². The minimum absolute atomic E-state index is 0.187. The molecule has 6 nitrogen and oxygen atoms in total. The number of nitrogens with zero attached hydrogens (tertiary/aromatic N) is 4. The fourth-order valence-electron chi connectivity index (χ4n) is 4.29. The number of hydrogen-bond donors (Lipinski definition) is 1. The van der Waals surface area contributed by atoms with Crippen LogP contribution in [0.5, 0.6) is 0 Å². The van der Waals surface area contributed by atoms with E-state index in [1.807, 2.05) is 85.4 Å². The van der Waals surface area contributed by atoms with Gasteiger partial charge in [-0.05, 0) is 47.9 Å². The Morgan fingerprint density at radius 2 is 1.63 bits per heavy atom. The van der Waals surface area contributed by atoms with Crippen LogP contribution in [0.3, 0.4) is 0 Å². The Morgan fingerprint density at radius 3 is 2.40 bits per heavy atom. The van der Waals surface area contributed by atoms with Gasteiger partial charge in [0.25, 0.3) is 0 Å². The molecule has 35 heavy (non-hydrogen) atoms. The standard InChI is InChI=1S/C29H27N5O/c1-20-5-3-6-22(15-20)17-25(35)18-23-7-4-8-24(16-23)28-32-26-11-14-34(2)27(26)29(33-28)31-19-21-9-12-30-13-10-21/h3-16H,17-19H2,1-2H3,(H,31,32,33). The summed E-state index contributed by atoms with van der Waals surface area (Å²) in [4.78, 5) is 26.5. The number of rotatable bonds is 8. The van der Waals surface area contributed by atoms with E-state index in [2.05, 4.69) is 16.4 Å². The highest BCUT2D eigenvalue weighted by molar-refractivity contribution is 5.88. The number of carbonyl (C=O) groups is 1. The van der Waals surface area contributed by atoms with E-state index in [0.717, 1.165) is 39.1 Å². The second-order valence-electron chi connectivity index (χ2n) is 8.85. The van der Waals surface area contributed by atoms with Crippen molar-refractivity contribution in [2.45, 2.75) is 26.3 Å². The van der Waals surface area contributed by atoms with Gasteiger partial charge in [0, 0.05) is 50.6 Å². The van der Waals surface area contributed by atoms with E-state index >= 15 is 0 Å². The van der Waals surface area contributed by atoms with Gasteiger partial charge in [0.15, 0.2) is 11.6 Å². The van der Waals surface area contributed by atoms with E-state index in [-0.39, 0.29) is 5.78 Å². The number of anilines is 1. The predicted molar refractivity (Wildman–Crippen MR) is 139 cm³/mol. The molecule has 0 bridgehead atoms. The lowest BCUT2D eigenvalue weighted by Crippen LogP contribution is -2.07. The van der Waals surface area contributed by atoms with Crippen LogP contribution in [-0.4, -0.2) is 25.3 Å². The van der Waals surface area contributed by atoms with Gasteiger partial charge in [-0.1, -0.05) is 48.0 Å². The maximum atomic E-state index is 12.7. The van der Waals surface area contributed by atoms with Crippen molar-refractivity contribution in [3.8, 4) is 11.4 Å². The molecule has 0 saturated heterocycles. The lowest BCUT2D eigenvalue weighted by Gasteiger charge is -2.11. The van der Waals surface area contributed by atoms with E-state index < -0.39 is 0 Å². The van der Waals surface area contributed by atoms with Gasteiger partial charge in [-0.25, -0.2) is 9.97 Å². The molecule has 0 amide bonds. The van der Waals surface area contributed by atoms with Crippen molar-refractivity contribution in [1.82, 2.24) is 19.5 Å². The molecule has 6 heteroatoms. The summed E-state index contributed by atoms with van der Waals surface area (Å²) in [6.45, 7) is 2.67. The number of benzene rings is 2. The lowest BCUT2D eigenvalue weighted by molar-refractivity contribution is -0.117. The highest BCUT2D eigenvalue weighted by Gasteiger charge is 2.14. The van der Waals surface area contributed by atoms with Crippen molar-refractivity contribution in [1.29, 1.82) is 0 Å². The smallest absolute Gasteiger partial charge is 0.162 e. The minimum Gasteiger partial charge on any atom is -0.364 e. The molecule has 5 rings (SSSR count). The molecule has 0 aliphatic heterocycles. The molecule has 0 aliphatic rings. The average Bonchev–Trinajstić information content (AvgIpc) is 3.24. The van der Waals surface area contributed by atoms with Crippen LogP contribution in [0.25, 0.3) is 22.4 Å². The summed E-state index contributed by atoms with van der Waals surface area (Å²) in [5, 5.41) is 3.47. The molecule has 0 atom stereocenters. The van der Waals surface area contributed by atoms with Crippen molar-refractivity contribution < 1.29 is 4.79 Å². The van der Waals surface area contributed by atoms with Gasteiger partial charge in [-0.15, -0.1) is 0 Å². The summed E-state index contributed by atoms with van der Waals surface area (Å²) < 4.78 is 2.02. The molecule has 0 unspecified atom stereocenters. The van der Waals surface area contributed by atoms with Crippen molar-refractivity contribution >= 4 is 22.6 Å². The number of Topliss-reactive ketones (excluding diaryl/α,β-unsaturated/α-hetero) is 1. The van der Waals surface area contributed by atoms with Gasteiger partial charge in [0.05, 0.1) is 5.52 Å². The first kappa shape index (κ1) is 22.5. The van der Waals surface area contributed by atoms with E-state index in [9.17, 15) is 4.79 Å². The van der Waals surface area contributed by atoms with Crippen LogP contribution in [0, 0.1) is 6.92 Å². The molecule has 0 fully saturated rings. The fourth-order valence-corrected chi connectivity index (χ4v) is 4.29. The van der Waals surface area contributed by atoms with Crippen molar-refractivity contribution in [2.24, 2.45) is 7.05 Å². The monoisotopic (exact) mass is 461 g/mol. The minimum atomic E-state index is 0.187. The molecule has 174 valence electrons. The second-order valence-corrected chi connectivity index (χ2v) is 8.85. The third kappa shape index (κ3) is 5.27. The van der Waals surface area contributed by atoms with E-state index in [1.54, 1.807) is 12.4 Å². The summed E-state index contributed by atoms with van der Waals surface area (Å²) in [6.07, 6.45) is 6.36. The Kier molecular flexibility index (Phi) is 6.35. The molecule has 3 heterocycles. The van der Waals surface area contributed by atoms with Crippen LogP contribution >= 0.6 is 0 Å². The van der Waals surface area contributed by atoms with Crippen molar-refractivity contribution in [2.75, 3.05) is 5.32 Å². The molecule has 3 aromatic heterocycles. The zero-order valence-corrected chi connectivity index (χ0v) is 19.9. The molecule has 0 saturated carbocycles. The Morgan fingerprint density at radius 1 is 0.886 bits per heavy atom. The average molecular weight is 462 g/mol. The molecular weight excluding hydrogens is 434 g/mol. The van der Waals surface area contributed by atoms with Crippen LogP contribution in [0.2, 0.25) is 0 Å². The number of nitrogens with one attached hydrogen (secondary N) is 1. The number of aromatic nitrogens is 4. The Balaban J connectivity index is 1.40. The first-order valence-corrected chi connectivity index (χ1v) is 11.7. The molecule has 1 N–H and O–H groups in total. The van der Waals surface area contributed by atoms with E-state index in [1.165, 1.54) is 5.56 Å². The van der Waals surface area contributed by atoms with E-state index in [0.29, 0.717) is 25.2 Å². The highest BCUT2D eigenvalue weighted by Crippen LogP contribution is 2.26. The molecular formula is C29H27N5O. The van der Waals surface area contributed by atoms with Crippen LogP contribution in [-0.2, 0) is 31.2 Å². The van der Waals surface area contributed by atoms with Gasteiger partial charge < -0.3 is 9.88 Å². The predicted octanol–water partition coefficient (Wildman–Crippen LogP) is 5.31. The van der Waals surface area contributed by atoms with Gasteiger partial charge >= 0.3 is 0 Å². The quantitative estimate of drug-likeness (QED) is 0.339. The normalized spacial score (nSPS) is 11.0. The van der Waals surface area contributed by atoms with Crippen LogP contribution < -0.4 is 5.32 Å². The summed E-state index contributed by atoms with van der Waals surface area (Å²) in [7, 11) is 1.99. The first-order chi connectivity index (χ1) is 17.0. The Labute approximate surface area is 204 Å². The number of hydrogen-bond acceptors (Lipinski definition) is 5. The summed E-state index contributed by atoms with van der Waals surface area (Å²) in [6, 6.07) is 22.0. The Hall–Kier alpha value is -4.32. The number of ketones is 1. The van der Waals surface area contributed by atoms with Gasteiger partial charge in [-0.3, -0.25) is 9.78 Å². The third-order valence-electron chi connectivity index (χ3n) is 6.00. The maximum absolute atomic E-state index is 12.7. The third-order valence-corrected chi connectivity index (χ3v) is 6.00. The Bertz CT molecular complexity index is 1490. The van der Waals surface area contributed by atoms with Crippen LogP contribution in [0.1, 0.15) is 22.3 Å². The number of carbonyl (C=O) groups excluding carboxylic acids is 1. The maximum Gasteiger partial charge on any atom is 0.162 e. The highest BCUT2D eigenvalue weighted by atomic mass is 16.1. The summed E-state index contributed by atoms with van der Waals surface area (Å²) >= 11 is 0. The first-order valence-electron chi connectivity index (χ1n) is 11.7. The SMILES string of the molecule is Cc1cccc(CC(=O)Cc2cccc(-c3nc(NCc4ccncc4)c4c(ccn4C)n3)c2)c1. The van der Waals surface area contributed by atoms with Crippen LogP contribution in [0.15, 0.2) is 85.3 Å². The largest absolute Gasteiger partial charge is 0.364 e. The molecule has 0 aliphatic carbocycles. The summed E-state index contributed by atoms with van der Waals surface area (Å²) in [5.74, 6) is 1.59. The number of pyridine rings is 1. The fraction of sp³-hybridized carbons (Fsp3) is 0.172. The lowest BCUT2D eigenvalue weighted by atomic mass is 10.0. The molecule has 2 aromatic carbocycles.